The summed E-state index contributed by atoms with van der Waals surface area (Å²) in [5, 5.41) is 0. The normalized spacial score (nSPS) is 9.90. The first-order valence-electron chi connectivity index (χ1n) is 8.27. The summed E-state index contributed by atoms with van der Waals surface area (Å²) in [6, 6.07) is 0.644. The number of unbranched alkanes of at least 4 members (excludes halogenated alkanes) is 1. The summed E-state index contributed by atoms with van der Waals surface area (Å²) in [5.41, 5.74) is 0. The van der Waals surface area contributed by atoms with Crippen LogP contribution in [-0.4, -0.2) is 42.9 Å². The molecule has 0 bridgehead atoms. The van der Waals surface area contributed by atoms with Crippen LogP contribution in [0.3, 0.4) is 0 Å². The molecule has 0 aliphatic carbocycles. The minimum absolute atomic E-state index is 0.0370. The molecule has 0 aliphatic rings. The van der Waals surface area contributed by atoms with Gasteiger partial charge in [-0.25, -0.2) is 0 Å². The second-order valence-electron chi connectivity index (χ2n) is 5.22. The molecule has 0 radical (unpaired) electrons. The van der Waals surface area contributed by atoms with E-state index in [1.807, 2.05) is 48.5 Å². The van der Waals surface area contributed by atoms with Gasteiger partial charge in [-0.15, -0.1) is 0 Å². The van der Waals surface area contributed by atoms with Gasteiger partial charge in [0.1, 0.15) is 0 Å². The molecule has 4 nitrogen and oxygen atoms in total. The Labute approximate surface area is 133 Å². The van der Waals surface area contributed by atoms with E-state index in [1.165, 1.54) is 12.8 Å². The fourth-order valence-corrected chi connectivity index (χ4v) is 1.36. The molecule has 0 spiro atoms. The van der Waals surface area contributed by atoms with Gasteiger partial charge in [0.25, 0.3) is 0 Å². The van der Waals surface area contributed by atoms with E-state index >= 15 is 0 Å². The van der Waals surface area contributed by atoms with Crippen LogP contribution in [0.4, 0.5) is 0 Å². The highest BCUT2D eigenvalue weighted by Crippen LogP contribution is 1.99. The van der Waals surface area contributed by atoms with Crippen LogP contribution in [0.15, 0.2) is 0 Å². The number of nitrogens with zero attached hydrogens (tertiary/aromatic N) is 1. The first-order chi connectivity index (χ1) is 9.81. The van der Waals surface area contributed by atoms with Crippen molar-refractivity contribution >= 4 is 6.41 Å². The zero-order valence-corrected chi connectivity index (χ0v) is 15.8. The van der Waals surface area contributed by atoms with E-state index in [-0.39, 0.29) is 6.29 Å². The summed E-state index contributed by atoms with van der Waals surface area (Å²) in [5.74, 6) is 0. The molecule has 21 heavy (non-hydrogen) atoms. The van der Waals surface area contributed by atoms with Gasteiger partial charge in [-0.3, -0.25) is 4.79 Å². The first kappa shape index (κ1) is 25.3. The average Bonchev–Trinajstić information content (AvgIpc) is 2.40. The number of carbonyl (C=O) groups excluding carboxylic acids is 1. The topological polar surface area (TPSA) is 38.8 Å². The Balaban J connectivity index is -0.000000249. The van der Waals surface area contributed by atoms with Crippen molar-refractivity contribution in [3.05, 3.63) is 0 Å². The molecule has 0 aromatic rings. The fourth-order valence-electron chi connectivity index (χ4n) is 1.36. The molecule has 0 aromatic carbocycles. The lowest BCUT2D eigenvalue weighted by molar-refractivity contribution is -0.123. The van der Waals surface area contributed by atoms with Gasteiger partial charge in [0.2, 0.25) is 6.41 Å². The predicted molar refractivity (Wildman–Crippen MR) is 91.5 cm³/mol. The van der Waals surface area contributed by atoms with E-state index in [1.54, 1.807) is 4.90 Å². The zero-order chi connectivity index (χ0) is 17.3. The highest BCUT2D eigenvalue weighted by atomic mass is 16.7. The Morgan fingerprint density at radius 1 is 0.810 bits per heavy atom. The van der Waals surface area contributed by atoms with Crippen molar-refractivity contribution in [1.82, 2.24) is 4.90 Å². The molecule has 0 aliphatic heterocycles. The maximum Gasteiger partial charge on any atom is 0.210 e. The molecule has 0 saturated carbocycles. The molecule has 0 heterocycles. The van der Waals surface area contributed by atoms with E-state index in [0.29, 0.717) is 12.1 Å². The molecule has 130 valence electrons. The quantitative estimate of drug-likeness (QED) is 0.490. The molecule has 0 unspecified atom stereocenters. The summed E-state index contributed by atoms with van der Waals surface area (Å²) in [4.78, 5) is 12.1. The first-order valence-corrected chi connectivity index (χ1v) is 8.27. The minimum atomic E-state index is -0.0370. The van der Waals surface area contributed by atoms with Crippen molar-refractivity contribution in [2.24, 2.45) is 0 Å². The van der Waals surface area contributed by atoms with Crippen LogP contribution in [0, 0.1) is 0 Å². The summed E-state index contributed by atoms with van der Waals surface area (Å²) >= 11 is 0. The number of amides is 1. The van der Waals surface area contributed by atoms with Crippen molar-refractivity contribution in [2.45, 2.75) is 93.5 Å². The molecule has 0 rings (SSSR count). The average molecular weight is 306 g/mol. The molecule has 0 atom stereocenters. The molecular weight excluding hydrogens is 266 g/mol. The number of hydrogen-bond acceptors (Lipinski definition) is 3. The van der Waals surface area contributed by atoms with E-state index in [0.717, 1.165) is 19.6 Å². The monoisotopic (exact) mass is 305 g/mol. The standard InChI is InChI=1S/C7H15NO.C6H14O2.C4H10/c1-6(2)8(5-9)7(3)4;1-4-7-6(3)8-5-2;1-3-4-2/h5-7H,1-4H3;6H,4-5H2,1-3H3;3-4H2,1-2H3. The third-order valence-corrected chi connectivity index (χ3v) is 2.62. The highest BCUT2D eigenvalue weighted by Gasteiger charge is 2.08. The van der Waals surface area contributed by atoms with Crippen molar-refractivity contribution in [1.29, 1.82) is 0 Å². The SMILES string of the molecule is CC(C)N(C=O)C(C)C.CCCC.CCOC(C)OCC. The van der Waals surface area contributed by atoms with Crippen LogP contribution in [0.25, 0.3) is 0 Å². The molecule has 0 saturated heterocycles. The Morgan fingerprint density at radius 2 is 1.14 bits per heavy atom. The third-order valence-electron chi connectivity index (χ3n) is 2.62. The number of carbonyl (C=O) groups is 1. The smallest absolute Gasteiger partial charge is 0.210 e. The van der Waals surface area contributed by atoms with Gasteiger partial charge < -0.3 is 14.4 Å². The van der Waals surface area contributed by atoms with E-state index in [9.17, 15) is 4.79 Å². The van der Waals surface area contributed by atoms with E-state index < -0.39 is 0 Å². The lowest BCUT2D eigenvalue weighted by atomic mass is 10.2. The summed E-state index contributed by atoms with van der Waals surface area (Å²) < 4.78 is 10.1. The maximum absolute atomic E-state index is 10.3. The van der Waals surface area contributed by atoms with Crippen molar-refractivity contribution in [3.63, 3.8) is 0 Å². The van der Waals surface area contributed by atoms with Gasteiger partial charge in [-0.2, -0.15) is 0 Å². The fraction of sp³-hybridized carbons (Fsp3) is 0.941. The lowest BCUT2D eigenvalue weighted by Crippen LogP contribution is -2.35. The van der Waals surface area contributed by atoms with Crippen LogP contribution < -0.4 is 0 Å². The van der Waals surface area contributed by atoms with Gasteiger partial charge in [0.15, 0.2) is 6.29 Å². The molecule has 0 aromatic heterocycles. The highest BCUT2D eigenvalue weighted by molar-refractivity contribution is 5.47. The number of ether oxygens (including phenoxy) is 2. The summed E-state index contributed by atoms with van der Waals surface area (Å²) in [7, 11) is 0. The van der Waals surface area contributed by atoms with Crippen LogP contribution in [-0.2, 0) is 14.3 Å². The molecular formula is C17H39NO3. The number of rotatable bonds is 8. The van der Waals surface area contributed by atoms with Gasteiger partial charge in [0, 0.05) is 25.3 Å². The van der Waals surface area contributed by atoms with E-state index in [4.69, 9.17) is 9.47 Å². The van der Waals surface area contributed by atoms with Crippen molar-refractivity contribution < 1.29 is 14.3 Å². The Kier molecular flexibility index (Phi) is 23.4. The number of hydrogen-bond donors (Lipinski definition) is 0. The molecule has 0 N–H and O–H groups in total. The third kappa shape index (κ3) is 21.8. The molecule has 1 amide bonds. The van der Waals surface area contributed by atoms with E-state index in [2.05, 4.69) is 13.8 Å². The Bertz CT molecular complexity index is 180. The Morgan fingerprint density at radius 3 is 1.24 bits per heavy atom. The van der Waals surface area contributed by atoms with Crippen molar-refractivity contribution in [3.8, 4) is 0 Å². The van der Waals surface area contributed by atoms with Crippen LogP contribution in [0.5, 0.6) is 0 Å². The summed E-state index contributed by atoms with van der Waals surface area (Å²) in [6.45, 7) is 19.6. The Hall–Kier alpha value is -0.610. The van der Waals surface area contributed by atoms with Gasteiger partial charge in [-0.1, -0.05) is 26.7 Å². The lowest BCUT2D eigenvalue weighted by Gasteiger charge is -2.25. The molecule has 4 heteroatoms. The second kappa shape index (κ2) is 19.4. The molecule has 0 fully saturated rings. The van der Waals surface area contributed by atoms with Crippen molar-refractivity contribution in [2.75, 3.05) is 13.2 Å². The van der Waals surface area contributed by atoms with Crippen LogP contribution in [0.1, 0.15) is 75.2 Å². The minimum Gasteiger partial charge on any atom is -0.353 e. The van der Waals surface area contributed by atoms with Crippen LogP contribution >= 0.6 is 0 Å². The second-order valence-corrected chi connectivity index (χ2v) is 5.22. The van der Waals surface area contributed by atoms with Crippen LogP contribution in [0.2, 0.25) is 0 Å². The predicted octanol–water partition coefficient (Wildman–Crippen LogP) is 4.47. The summed E-state index contributed by atoms with van der Waals surface area (Å²) in [6.07, 6.45) is 3.50. The van der Waals surface area contributed by atoms with Gasteiger partial charge in [-0.05, 0) is 48.5 Å². The zero-order valence-electron chi connectivity index (χ0n) is 15.8. The van der Waals surface area contributed by atoms with Gasteiger partial charge >= 0.3 is 0 Å². The maximum atomic E-state index is 10.3. The van der Waals surface area contributed by atoms with Gasteiger partial charge in [0.05, 0.1) is 0 Å². The largest absolute Gasteiger partial charge is 0.353 e.